The van der Waals surface area contributed by atoms with E-state index in [0.717, 1.165) is 48.3 Å². The first-order valence-electron chi connectivity index (χ1n) is 11.3. The highest BCUT2D eigenvalue weighted by atomic mass is 16.2. The van der Waals surface area contributed by atoms with Crippen LogP contribution < -0.4 is 10.6 Å². The molecule has 2 aromatic carbocycles. The van der Waals surface area contributed by atoms with Crippen molar-refractivity contribution in [1.29, 1.82) is 0 Å². The molecule has 4 heteroatoms. The van der Waals surface area contributed by atoms with Gasteiger partial charge in [-0.15, -0.1) is 0 Å². The fourth-order valence-electron chi connectivity index (χ4n) is 6.50. The number of nitrogens with one attached hydrogen (secondary N) is 2. The van der Waals surface area contributed by atoms with Crippen molar-refractivity contribution in [3.05, 3.63) is 65.7 Å². The first-order valence-corrected chi connectivity index (χ1v) is 11.3. The minimum atomic E-state index is -0.186. The highest BCUT2D eigenvalue weighted by Crippen LogP contribution is 2.60. The maximum absolute atomic E-state index is 13.3. The SMILES string of the molecule is CC(NC(=O)c1cccc(NC(=O)C23CC4CC(CC(C4)C2)C3)c1)c1ccccc1. The van der Waals surface area contributed by atoms with Gasteiger partial charge in [-0.3, -0.25) is 9.59 Å². The molecular weight excluding hydrogens is 372 g/mol. The van der Waals surface area contributed by atoms with Crippen molar-refractivity contribution in [2.45, 2.75) is 51.5 Å². The normalized spacial score (nSPS) is 30.0. The smallest absolute Gasteiger partial charge is 0.251 e. The number of carbonyl (C=O) groups excluding carboxylic acids is 2. The monoisotopic (exact) mass is 402 g/mol. The zero-order chi connectivity index (χ0) is 20.7. The van der Waals surface area contributed by atoms with Crippen LogP contribution >= 0.6 is 0 Å². The Hall–Kier alpha value is -2.62. The number of hydrogen-bond donors (Lipinski definition) is 2. The maximum atomic E-state index is 13.3. The van der Waals surface area contributed by atoms with Crippen molar-refractivity contribution in [1.82, 2.24) is 5.32 Å². The Kier molecular flexibility index (Phi) is 4.88. The van der Waals surface area contributed by atoms with Crippen molar-refractivity contribution in [3.63, 3.8) is 0 Å². The Bertz CT molecular complexity index is 917. The first-order chi connectivity index (χ1) is 14.5. The molecule has 4 aliphatic rings. The van der Waals surface area contributed by atoms with Crippen LogP contribution in [0.5, 0.6) is 0 Å². The summed E-state index contributed by atoms with van der Waals surface area (Å²) in [6, 6.07) is 17.2. The molecule has 2 amide bonds. The van der Waals surface area contributed by atoms with Crippen LogP contribution in [0.25, 0.3) is 0 Å². The van der Waals surface area contributed by atoms with Gasteiger partial charge in [0.1, 0.15) is 0 Å². The highest BCUT2D eigenvalue weighted by Gasteiger charge is 2.54. The van der Waals surface area contributed by atoms with E-state index in [1.54, 1.807) is 12.1 Å². The Morgan fingerprint density at radius 3 is 2.17 bits per heavy atom. The fraction of sp³-hybridized carbons (Fsp3) is 0.462. The Labute approximate surface area is 178 Å². The molecule has 4 nitrogen and oxygen atoms in total. The van der Waals surface area contributed by atoms with Crippen LogP contribution in [0.4, 0.5) is 5.69 Å². The van der Waals surface area contributed by atoms with Crippen LogP contribution in [0.15, 0.2) is 54.6 Å². The lowest BCUT2D eigenvalue weighted by atomic mass is 9.49. The summed E-state index contributed by atoms with van der Waals surface area (Å²) >= 11 is 0. The molecule has 156 valence electrons. The molecule has 0 radical (unpaired) electrons. The molecule has 4 saturated carbocycles. The van der Waals surface area contributed by atoms with Crippen LogP contribution in [0.2, 0.25) is 0 Å². The second-order valence-corrected chi connectivity index (χ2v) is 9.84. The third-order valence-electron chi connectivity index (χ3n) is 7.55. The number of rotatable bonds is 5. The van der Waals surface area contributed by atoms with E-state index in [0.29, 0.717) is 5.56 Å². The second-order valence-electron chi connectivity index (χ2n) is 9.84. The quantitative estimate of drug-likeness (QED) is 0.710. The van der Waals surface area contributed by atoms with E-state index < -0.39 is 0 Å². The third-order valence-corrected chi connectivity index (χ3v) is 7.55. The van der Waals surface area contributed by atoms with Crippen LogP contribution in [0.1, 0.15) is 67.4 Å². The van der Waals surface area contributed by atoms with E-state index >= 15 is 0 Å². The molecule has 2 aromatic rings. The van der Waals surface area contributed by atoms with E-state index in [1.165, 1.54) is 19.3 Å². The molecule has 6 rings (SSSR count). The largest absolute Gasteiger partial charge is 0.346 e. The first kappa shape index (κ1) is 19.3. The maximum Gasteiger partial charge on any atom is 0.251 e. The molecule has 4 fully saturated rings. The van der Waals surface area contributed by atoms with E-state index in [9.17, 15) is 9.59 Å². The molecule has 0 saturated heterocycles. The van der Waals surface area contributed by atoms with Crippen LogP contribution in [-0.2, 0) is 4.79 Å². The van der Waals surface area contributed by atoms with Crippen molar-refractivity contribution >= 4 is 17.5 Å². The van der Waals surface area contributed by atoms with Gasteiger partial charge in [0.25, 0.3) is 5.91 Å². The van der Waals surface area contributed by atoms with Crippen molar-refractivity contribution in [3.8, 4) is 0 Å². The van der Waals surface area contributed by atoms with Crippen LogP contribution in [-0.4, -0.2) is 11.8 Å². The van der Waals surface area contributed by atoms with E-state index in [-0.39, 0.29) is 23.3 Å². The minimum Gasteiger partial charge on any atom is -0.346 e. The molecule has 2 N–H and O–H groups in total. The molecule has 1 unspecified atom stereocenters. The highest BCUT2D eigenvalue weighted by molar-refractivity contribution is 5.99. The van der Waals surface area contributed by atoms with Gasteiger partial charge < -0.3 is 10.6 Å². The van der Waals surface area contributed by atoms with Crippen LogP contribution in [0.3, 0.4) is 0 Å². The summed E-state index contributed by atoms with van der Waals surface area (Å²) in [6.45, 7) is 1.98. The topological polar surface area (TPSA) is 58.2 Å². The molecule has 0 aliphatic heterocycles. The van der Waals surface area contributed by atoms with Crippen LogP contribution in [0, 0.1) is 23.2 Å². The van der Waals surface area contributed by atoms with Crippen molar-refractivity contribution in [2.24, 2.45) is 23.2 Å². The summed E-state index contributed by atoms with van der Waals surface area (Å²) < 4.78 is 0. The van der Waals surface area contributed by atoms with Gasteiger partial charge >= 0.3 is 0 Å². The summed E-state index contributed by atoms with van der Waals surface area (Å²) in [4.78, 5) is 26.1. The van der Waals surface area contributed by atoms with Gasteiger partial charge in [0, 0.05) is 11.3 Å². The predicted octanol–water partition coefficient (Wildman–Crippen LogP) is 5.33. The lowest BCUT2D eigenvalue weighted by molar-refractivity contribution is -0.140. The lowest BCUT2D eigenvalue weighted by Gasteiger charge is -2.55. The summed E-state index contributed by atoms with van der Waals surface area (Å²) in [5.74, 6) is 2.24. The minimum absolute atomic E-state index is 0.0797. The zero-order valence-corrected chi connectivity index (χ0v) is 17.6. The second kappa shape index (κ2) is 7.57. The summed E-state index contributed by atoms with van der Waals surface area (Å²) in [5.41, 5.74) is 2.17. The van der Waals surface area contributed by atoms with Crippen molar-refractivity contribution < 1.29 is 9.59 Å². The fourth-order valence-corrected chi connectivity index (χ4v) is 6.50. The number of carbonyl (C=O) groups is 2. The molecule has 1 atom stereocenters. The molecule has 4 bridgehead atoms. The van der Waals surface area contributed by atoms with E-state index in [2.05, 4.69) is 10.6 Å². The number of benzene rings is 2. The Balaban J connectivity index is 1.27. The van der Waals surface area contributed by atoms with Gasteiger partial charge in [0.2, 0.25) is 5.91 Å². The molecule has 0 heterocycles. The molecular formula is C26H30N2O2. The van der Waals surface area contributed by atoms with Gasteiger partial charge in [-0.25, -0.2) is 0 Å². The number of amides is 2. The average Bonchev–Trinajstić information content (AvgIpc) is 2.73. The lowest BCUT2D eigenvalue weighted by Crippen LogP contribution is -2.51. The Morgan fingerprint density at radius 2 is 1.53 bits per heavy atom. The molecule has 4 aliphatic carbocycles. The summed E-state index contributed by atoms with van der Waals surface area (Å²) in [6.07, 6.45) is 7.09. The summed E-state index contributed by atoms with van der Waals surface area (Å²) in [5, 5.41) is 6.21. The standard InChI is InChI=1S/C26H30N2O2/c1-17(21-6-3-2-4-7-21)27-24(29)22-8-5-9-23(13-22)28-25(30)26-14-18-10-19(15-26)12-20(11-18)16-26/h2-9,13,17-20H,10-12,14-16H2,1H3,(H,27,29)(H,28,30). The molecule has 0 aromatic heterocycles. The summed E-state index contributed by atoms with van der Waals surface area (Å²) in [7, 11) is 0. The number of hydrogen-bond acceptors (Lipinski definition) is 2. The Morgan fingerprint density at radius 1 is 0.900 bits per heavy atom. The van der Waals surface area contributed by atoms with Gasteiger partial charge in [0.15, 0.2) is 0 Å². The van der Waals surface area contributed by atoms with Gasteiger partial charge in [0.05, 0.1) is 11.5 Å². The van der Waals surface area contributed by atoms with Crippen molar-refractivity contribution in [2.75, 3.05) is 5.32 Å². The van der Waals surface area contributed by atoms with Gasteiger partial charge in [-0.05, 0) is 87.0 Å². The van der Waals surface area contributed by atoms with Gasteiger partial charge in [-0.1, -0.05) is 36.4 Å². The molecule has 30 heavy (non-hydrogen) atoms. The zero-order valence-electron chi connectivity index (χ0n) is 17.6. The van der Waals surface area contributed by atoms with Gasteiger partial charge in [-0.2, -0.15) is 0 Å². The third kappa shape index (κ3) is 3.64. The average molecular weight is 403 g/mol. The van der Waals surface area contributed by atoms with E-state index in [4.69, 9.17) is 0 Å². The van der Waals surface area contributed by atoms with E-state index in [1.807, 2.05) is 49.4 Å². The molecule has 0 spiro atoms. The predicted molar refractivity (Wildman–Crippen MR) is 118 cm³/mol. The number of anilines is 1.